The predicted molar refractivity (Wildman–Crippen MR) is 139 cm³/mol. The number of carbonyl (C=O) groups is 2. The van der Waals surface area contributed by atoms with Gasteiger partial charge in [0.2, 0.25) is 21.8 Å². The Balaban J connectivity index is 2.35. The summed E-state index contributed by atoms with van der Waals surface area (Å²) in [6, 6.07) is 15.4. The highest BCUT2D eigenvalue weighted by atomic mass is 32.2. The maximum atomic E-state index is 13.6. The lowest BCUT2D eigenvalue weighted by atomic mass is 10.1. The van der Waals surface area contributed by atoms with Crippen molar-refractivity contribution < 1.29 is 22.7 Å². The van der Waals surface area contributed by atoms with E-state index in [1.807, 2.05) is 51.1 Å². The summed E-state index contributed by atoms with van der Waals surface area (Å²) in [4.78, 5) is 28.2. The third kappa shape index (κ3) is 8.28. The molecule has 0 bridgehead atoms. The second-order valence-corrected chi connectivity index (χ2v) is 10.4. The zero-order chi connectivity index (χ0) is 26.0. The summed E-state index contributed by atoms with van der Waals surface area (Å²) in [6.45, 7) is 5.61. The largest absolute Gasteiger partial charge is 0.497 e. The topological polar surface area (TPSA) is 96.0 Å². The van der Waals surface area contributed by atoms with Crippen LogP contribution in [0.4, 0.5) is 5.69 Å². The molecule has 0 aromatic heterocycles. The molecule has 0 radical (unpaired) electrons. The van der Waals surface area contributed by atoms with Crippen LogP contribution in [0.3, 0.4) is 0 Å². The molecule has 0 spiro atoms. The van der Waals surface area contributed by atoms with Crippen LogP contribution >= 0.6 is 0 Å². The number of hydrogen-bond acceptors (Lipinski definition) is 5. The molecule has 0 fully saturated rings. The molecule has 2 aromatic rings. The van der Waals surface area contributed by atoms with Crippen LogP contribution in [-0.4, -0.2) is 63.7 Å². The number of sulfonamides is 1. The molecule has 0 aliphatic heterocycles. The van der Waals surface area contributed by atoms with Gasteiger partial charge in [-0.05, 0) is 56.0 Å². The van der Waals surface area contributed by atoms with E-state index in [2.05, 4.69) is 5.32 Å². The van der Waals surface area contributed by atoms with Gasteiger partial charge in [-0.3, -0.25) is 13.9 Å². The molecular formula is C26H37N3O5S. The lowest BCUT2D eigenvalue weighted by Gasteiger charge is -2.33. The number of carbonyl (C=O) groups excluding carboxylic acids is 2. The van der Waals surface area contributed by atoms with E-state index in [0.29, 0.717) is 24.3 Å². The smallest absolute Gasteiger partial charge is 0.244 e. The van der Waals surface area contributed by atoms with Gasteiger partial charge in [0.05, 0.1) is 19.1 Å². The highest BCUT2D eigenvalue weighted by molar-refractivity contribution is 7.92. The average Bonchev–Trinajstić information content (AvgIpc) is 2.84. The minimum atomic E-state index is -3.76. The molecule has 35 heavy (non-hydrogen) atoms. The molecule has 2 aromatic carbocycles. The van der Waals surface area contributed by atoms with E-state index in [-0.39, 0.29) is 18.5 Å². The van der Waals surface area contributed by atoms with Crippen LogP contribution in [0.5, 0.6) is 5.75 Å². The first kappa shape index (κ1) is 28.2. The second-order valence-electron chi connectivity index (χ2n) is 8.53. The van der Waals surface area contributed by atoms with Crippen LogP contribution in [0.2, 0.25) is 0 Å². The van der Waals surface area contributed by atoms with Crippen LogP contribution in [0.15, 0.2) is 54.6 Å². The number of ether oxygens (including phenoxy) is 1. The molecule has 192 valence electrons. The van der Waals surface area contributed by atoms with Gasteiger partial charge >= 0.3 is 0 Å². The lowest BCUT2D eigenvalue weighted by molar-refractivity contribution is -0.139. The average molecular weight is 504 g/mol. The molecule has 0 saturated carbocycles. The first-order valence-electron chi connectivity index (χ1n) is 11.9. The molecule has 2 amide bonds. The van der Waals surface area contributed by atoms with Crippen molar-refractivity contribution in [3.8, 4) is 5.75 Å². The van der Waals surface area contributed by atoms with Crippen LogP contribution < -0.4 is 14.4 Å². The summed E-state index contributed by atoms with van der Waals surface area (Å²) in [5.74, 6) is -0.0993. The maximum Gasteiger partial charge on any atom is 0.244 e. The maximum absolute atomic E-state index is 13.6. The van der Waals surface area contributed by atoms with E-state index in [1.54, 1.807) is 24.3 Å². The standard InChI is InChI=1S/C26H37N3O5S/c1-6-20(3)27-26(31)24(7-2)28(18-17-21-11-9-8-10-12-21)25(30)19-29(35(5,32)33)22-13-15-23(34-4)16-14-22/h8-16,20,24H,6-7,17-19H2,1-5H3,(H,27,31)/t20-,24-/m1/s1. The van der Waals surface area contributed by atoms with Gasteiger partial charge in [-0.2, -0.15) is 0 Å². The fourth-order valence-electron chi connectivity index (χ4n) is 3.70. The van der Waals surface area contributed by atoms with Gasteiger partial charge in [-0.25, -0.2) is 8.42 Å². The van der Waals surface area contributed by atoms with Crippen LogP contribution in [0, 0.1) is 0 Å². The van der Waals surface area contributed by atoms with Crippen molar-refractivity contribution in [1.82, 2.24) is 10.2 Å². The lowest BCUT2D eigenvalue weighted by Crippen LogP contribution is -2.54. The molecule has 0 aliphatic carbocycles. The Labute approximate surface area is 209 Å². The third-order valence-electron chi connectivity index (χ3n) is 5.91. The molecular weight excluding hydrogens is 466 g/mol. The number of benzene rings is 2. The number of methoxy groups -OCH3 is 1. The number of anilines is 1. The minimum absolute atomic E-state index is 0.0329. The SMILES string of the molecule is CC[C@@H](C)NC(=O)[C@@H](CC)N(CCc1ccccc1)C(=O)CN(c1ccc(OC)cc1)S(C)(=O)=O. The van der Waals surface area contributed by atoms with E-state index in [0.717, 1.165) is 22.5 Å². The van der Waals surface area contributed by atoms with Gasteiger partial charge in [0.1, 0.15) is 18.3 Å². The summed E-state index contributed by atoms with van der Waals surface area (Å²) in [5, 5.41) is 2.96. The van der Waals surface area contributed by atoms with Gasteiger partial charge in [-0.1, -0.05) is 44.2 Å². The molecule has 0 aliphatic rings. The highest BCUT2D eigenvalue weighted by Crippen LogP contribution is 2.22. The summed E-state index contributed by atoms with van der Waals surface area (Å²) in [6.07, 6.45) is 2.77. The van der Waals surface area contributed by atoms with Gasteiger partial charge in [0.25, 0.3) is 0 Å². The van der Waals surface area contributed by atoms with E-state index in [1.165, 1.54) is 12.0 Å². The zero-order valence-electron chi connectivity index (χ0n) is 21.2. The van der Waals surface area contributed by atoms with Crippen molar-refractivity contribution in [2.24, 2.45) is 0 Å². The summed E-state index contributed by atoms with van der Waals surface area (Å²) >= 11 is 0. The summed E-state index contributed by atoms with van der Waals surface area (Å²) in [7, 11) is -2.24. The molecule has 0 heterocycles. The minimum Gasteiger partial charge on any atom is -0.497 e. The van der Waals surface area contributed by atoms with Gasteiger partial charge in [0, 0.05) is 12.6 Å². The summed E-state index contributed by atoms with van der Waals surface area (Å²) in [5.41, 5.74) is 1.37. The van der Waals surface area contributed by atoms with Gasteiger partial charge in [-0.15, -0.1) is 0 Å². The number of nitrogens with one attached hydrogen (secondary N) is 1. The molecule has 9 heteroatoms. The van der Waals surface area contributed by atoms with Gasteiger partial charge < -0.3 is 15.0 Å². The van der Waals surface area contributed by atoms with E-state index < -0.39 is 28.5 Å². The van der Waals surface area contributed by atoms with E-state index >= 15 is 0 Å². The van der Waals surface area contributed by atoms with Crippen LogP contribution in [-0.2, 0) is 26.0 Å². The quantitative estimate of drug-likeness (QED) is 0.453. The third-order valence-corrected chi connectivity index (χ3v) is 7.05. The highest BCUT2D eigenvalue weighted by Gasteiger charge is 2.31. The van der Waals surface area contributed by atoms with Crippen molar-refractivity contribution >= 4 is 27.5 Å². The first-order chi connectivity index (χ1) is 16.6. The second kappa shape index (κ2) is 13.1. The Morgan fingerprint density at radius 2 is 1.63 bits per heavy atom. The first-order valence-corrected chi connectivity index (χ1v) is 13.7. The Bertz CT molecular complexity index is 1060. The van der Waals surface area contributed by atoms with Crippen molar-refractivity contribution in [1.29, 1.82) is 0 Å². The Kier molecular flexibility index (Phi) is 10.6. The number of amides is 2. The Morgan fingerprint density at radius 1 is 1.00 bits per heavy atom. The summed E-state index contributed by atoms with van der Waals surface area (Å²) < 4.78 is 31.5. The normalized spacial score (nSPS) is 12.9. The Morgan fingerprint density at radius 3 is 2.14 bits per heavy atom. The van der Waals surface area contributed by atoms with Crippen molar-refractivity contribution in [2.75, 3.05) is 30.8 Å². The Hall–Kier alpha value is -3.07. The van der Waals surface area contributed by atoms with Crippen LogP contribution in [0.25, 0.3) is 0 Å². The fraction of sp³-hybridized carbons (Fsp3) is 0.462. The molecule has 1 N–H and O–H groups in total. The van der Waals surface area contributed by atoms with Crippen molar-refractivity contribution in [3.05, 3.63) is 60.2 Å². The molecule has 8 nitrogen and oxygen atoms in total. The zero-order valence-corrected chi connectivity index (χ0v) is 22.0. The van der Waals surface area contributed by atoms with Crippen LogP contribution in [0.1, 0.15) is 39.2 Å². The number of nitrogens with zero attached hydrogens (tertiary/aromatic N) is 2. The van der Waals surface area contributed by atoms with E-state index in [9.17, 15) is 18.0 Å². The monoisotopic (exact) mass is 503 g/mol. The predicted octanol–water partition coefficient (Wildman–Crippen LogP) is 3.23. The van der Waals surface area contributed by atoms with Crippen molar-refractivity contribution in [3.63, 3.8) is 0 Å². The van der Waals surface area contributed by atoms with E-state index in [4.69, 9.17) is 4.74 Å². The molecule has 0 saturated heterocycles. The fourth-order valence-corrected chi connectivity index (χ4v) is 4.55. The number of hydrogen-bond donors (Lipinski definition) is 1. The molecule has 2 rings (SSSR count). The molecule has 0 unspecified atom stereocenters. The van der Waals surface area contributed by atoms with Gasteiger partial charge in [0.15, 0.2) is 0 Å². The van der Waals surface area contributed by atoms with Crippen molar-refractivity contribution in [2.45, 2.75) is 52.1 Å². The molecule has 2 atom stereocenters. The number of rotatable bonds is 13.